The van der Waals surface area contributed by atoms with Crippen molar-refractivity contribution < 1.29 is 4.79 Å². The van der Waals surface area contributed by atoms with Crippen molar-refractivity contribution in [2.45, 2.75) is 39.5 Å². The maximum atomic E-state index is 11.6. The van der Waals surface area contributed by atoms with Gasteiger partial charge in [0.25, 0.3) is 0 Å². The summed E-state index contributed by atoms with van der Waals surface area (Å²) in [5, 5.41) is 6.52. The molecule has 0 bridgehead atoms. The average molecular weight is 224 g/mol. The van der Waals surface area contributed by atoms with Gasteiger partial charge in [0.15, 0.2) is 0 Å². The van der Waals surface area contributed by atoms with Crippen LogP contribution in [0.25, 0.3) is 0 Å². The topological polar surface area (TPSA) is 41.1 Å². The molecule has 16 heavy (non-hydrogen) atoms. The molecule has 2 N–H and O–H groups in total. The number of piperidine rings is 1. The Morgan fingerprint density at radius 3 is 2.44 bits per heavy atom. The van der Waals surface area contributed by atoms with Gasteiger partial charge in [-0.25, -0.2) is 0 Å². The van der Waals surface area contributed by atoms with Crippen molar-refractivity contribution in [3.63, 3.8) is 0 Å². The summed E-state index contributed by atoms with van der Waals surface area (Å²) in [6.45, 7) is 7.68. The van der Waals surface area contributed by atoms with Gasteiger partial charge in [0, 0.05) is 12.5 Å². The van der Waals surface area contributed by atoms with Crippen LogP contribution in [0, 0.1) is 17.3 Å². The van der Waals surface area contributed by atoms with Crippen LogP contribution in [-0.4, -0.2) is 25.5 Å². The Morgan fingerprint density at radius 1 is 1.25 bits per heavy atom. The van der Waals surface area contributed by atoms with Gasteiger partial charge in [0.1, 0.15) is 0 Å². The van der Waals surface area contributed by atoms with Crippen LogP contribution in [0.1, 0.15) is 39.5 Å². The molecular weight excluding hydrogens is 200 g/mol. The minimum Gasteiger partial charge on any atom is -0.355 e. The molecule has 0 aromatic heterocycles. The molecular formula is C13H24N2O. The van der Waals surface area contributed by atoms with Crippen LogP contribution in [0.15, 0.2) is 0 Å². The number of hydrogen-bond donors (Lipinski definition) is 2. The van der Waals surface area contributed by atoms with E-state index in [-0.39, 0.29) is 11.3 Å². The summed E-state index contributed by atoms with van der Waals surface area (Å²) in [5.74, 6) is 1.36. The highest BCUT2D eigenvalue weighted by Gasteiger charge is 2.34. The van der Waals surface area contributed by atoms with E-state index < -0.39 is 0 Å². The number of rotatable bonds is 4. The third kappa shape index (κ3) is 2.97. The minimum absolute atomic E-state index is 0.243. The molecule has 0 aromatic carbocycles. The second-order valence-corrected chi connectivity index (χ2v) is 6.00. The molecule has 1 heterocycles. The summed E-state index contributed by atoms with van der Waals surface area (Å²) >= 11 is 0. The van der Waals surface area contributed by atoms with Crippen molar-refractivity contribution >= 4 is 5.91 Å². The smallest absolute Gasteiger partial charge is 0.223 e. The minimum atomic E-state index is 0.243. The lowest BCUT2D eigenvalue weighted by Gasteiger charge is -2.37. The van der Waals surface area contributed by atoms with E-state index in [0.717, 1.165) is 38.4 Å². The maximum Gasteiger partial charge on any atom is 0.223 e. The van der Waals surface area contributed by atoms with E-state index in [1.54, 1.807) is 0 Å². The first-order chi connectivity index (χ1) is 7.59. The first-order valence-electron chi connectivity index (χ1n) is 6.58. The second-order valence-electron chi connectivity index (χ2n) is 6.00. The predicted molar refractivity (Wildman–Crippen MR) is 65.1 cm³/mol. The molecule has 2 aliphatic rings. The van der Waals surface area contributed by atoms with E-state index in [4.69, 9.17) is 0 Å². The summed E-state index contributed by atoms with van der Waals surface area (Å²) in [4.78, 5) is 11.6. The second kappa shape index (κ2) is 4.74. The fourth-order valence-corrected chi connectivity index (χ4v) is 2.55. The molecule has 1 aliphatic heterocycles. The summed E-state index contributed by atoms with van der Waals surface area (Å²) in [7, 11) is 0. The lowest BCUT2D eigenvalue weighted by atomic mass is 9.74. The molecule has 0 unspecified atom stereocenters. The lowest BCUT2D eigenvalue weighted by Crippen LogP contribution is -2.43. The van der Waals surface area contributed by atoms with Gasteiger partial charge < -0.3 is 10.6 Å². The van der Waals surface area contributed by atoms with Gasteiger partial charge in [-0.2, -0.15) is 0 Å². The first-order valence-corrected chi connectivity index (χ1v) is 6.58. The number of carbonyl (C=O) groups is 1. The van der Waals surface area contributed by atoms with Gasteiger partial charge in [-0.1, -0.05) is 13.8 Å². The molecule has 0 atom stereocenters. The number of nitrogens with one attached hydrogen (secondary N) is 2. The van der Waals surface area contributed by atoms with Crippen LogP contribution >= 0.6 is 0 Å². The van der Waals surface area contributed by atoms with Crippen LogP contribution in [-0.2, 0) is 4.79 Å². The molecule has 0 spiro atoms. The third-order valence-electron chi connectivity index (χ3n) is 4.11. The Morgan fingerprint density at radius 2 is 1.88 bits per heavy atom. The van der Waals surface area contributed by atoms with Crippen LogP contribution in [0.3, 0.4) is 0 Å². The molecule has 1 saturated carbocycles. The van der Waals surface area contributed by atoms with Crippen LogP contribution in [0.5, 0.6) is 0 Å². The van der Waals surface area contributed by atoms with E-state index in [1.807, 2.05) is 0 Å². The molecule has 0 radical (unpaired) electrons. The molecule has 1 amide bonds. The summed E-state index contributed by atoms with van der Waals surface area (Å²) in [6, 6.07) is 0. The molecule has 2 rings (SSSR count). The Balaban J connectivity index is 1.78. The van der Waals surface area contributed by atoms with Crippen molar-refractivity contribution in [2.75, 3.05) is 19.6 Å². The molecule has 0 aromatic rings. The molecule has 3 heteroatoms. The van der Waals surface area contributed by atoms with Gasteiger partial charge in [-0.15, -0.1) is 0 Å². The summed E-state index contributed by atoms with van der Waals surface area (Å²) in [5.41, 5.74) is 0.243. The standard InChI is InChI=1S/C13H24N2O/c1-13(2,11-5-7-14-8-6-11)9-15-12(16)10-3-4-10/h10-11,14H,3-9H2,1-2H3,(H,15,16). The fourth-order valence-electron chi connectivity index (χ4n) is 2.55. The highest BCUT2D eigenvalue weighted by molar-refractivity contribution is 5.80. The Kier molecular flexibility index (Phi) is 3.53. The Hall–Kier alpha value is -0.570. The lowest BCUT2D eigenvalue weighted by molar-refractivity contribution is -0.122. The molecule has 92 valence electrons. The zero-order valence-corrected chi connectivity index (χ0v) is 10.5. The predicted octanol–water partition coefficient (Wildman–Crippen LogP) is 1.54. The van der Waals surface area contributed by atoms with Gasteiger partial charge in [0.05, 0.1) is 0 Å². The van der Waals surface area contributed by atoms with E-state index in [9.17, 15) is 4.79 Å². The van der Waals surface area contributed by atoms with E-state index in [0.29, 0.717) is 5.92 Å². The van der Waals surface area contributed by atoms with Crippen molar-refractivity contribution in [1.82, 2.24) is 10.6 Å². The molecule has 1 aliphatic carbocycles. The molecule has 2 fully saturated rings. The number of amides is 1. The van der Waals surface area contributed by atoms with Gasteiger partial charge >= 0.3 is 0 Å². The normalized spacial score (nSPS) is 23.1. The van der Waals surface area contributed by atoms with Gasteiger partial charge in [-0.05, 0) is 50.1 Å². The maximum absolute atomic E-state index is 11.6. The SMILES string of the molecule is CC(C)(CNC(=O)C1CC1)C1CCNCC1. The van der Waals surface area contributed by atoms with Gasteiger partial charge in [-0.3, -0.25) is 4.79 Å². The average Bonchev–Trinajstić information content (AvgIpc) is 3.11. The summed E-state index contributed by atoms with van der Waals surface area (Å²) < 4.78 is 0. The van der Waals surface area contributed by atoms with Crippen molar-refractivity contribution in [1.29, 1.82) is 0 Å². The van der Waals surface area contributed by atoms with Gasteiger partial charge in [0.2, 0.25) is 5.91 Å². The molecule has 1 saturated heterocycles. The van der Waals surface area contributed by atoms with Crippen molar-refractivity contribution in [3.8, 4) is 0 Å². The Labute approximate surface area is 98.4 Å². The largest absolute Gasteiger partial charge is 0.355 e. The van der Waals surface area contributed by atoms with Crippen molar-refractivity contribution in [2.24, 2.45) is 17.3 Å². The van der Waals surface area contributed by atoms with Crippen LogP contribution < -0.4 is 10.6 Å². The van der Waals surface area contributed by atoms with E-state index in [1.165, 1.54) is 12.8 Å². The highest BCUT2D eigenvalue weighted by Crippen LogP contribution is 2.33. The van der Waals surface area contributed by atoms with E-state index in [2.05, 4.69) is 24.5 Å². The zero-order valence-electron chi connectivity index (χ0n) is 10.5. The third-order valence-corrected chi connectivity index (χ3v) is 4.11. The van der Waals surface area contributed by atoms with Crippen molar-refractivity contribution in [3.05, 3.63) is 0 Å². The quantitative estimate of drug-likeness (QED) is 0.760. The zero-order chi connectivity index (χ0) is 11.6. The first kappa shape index (κ1) is 11.9. The monoisotopic (exact) mass is 224 g/mol. The molecule has 3 nitrogen and oxygen atoms in total. The highest BCUT2D eigenvalue weighted by atomic mass is 16.2. The van der Waals surface area contributed by atoms with E-state index >= 15 is 0 Å². The Bertz CT molecular complexity index is 253. The summed E-state index contributed by atoms with van der Waals surface area (Å²) in [6.07, 6.45) is 4.68. The van der Waals surface area contributed by atoms with Crippen LogP contribution in [0.4, 0.5) is 0 Å². The van der Waals surface area contributed by atoms with Crippen LogP contribution in [0.2, 0.25) is 0 Å². The number of hydrogen-bond acceptors (Lipinski definition) is 2. The number of carbonyl (C=O) groups excluding carboxylic acids is 1. The fraction of sp³-hybridized carbons (Fsp3) is 0.923.